The molecule has 0 saturated heterocycles. The van der Waals surface area contributed by atoms with Crippen molar-refractivity contribution >= 4 is 33.4 Å². The first-order valence-corrected chi connectivity index (χ1v) is 12.6. The molecule has 3 aromatic rings. The van der Waals surface area contributed by atoms with Crippen molar-refractivity contribution in [2.75, 3.05) is 31.1 Å². The third kappa shape index (κ3) is 7.11. The first-order valence-electron chi connectivity index (χ1n) is 9.95. The predicted octanol–water partition coefficient (Wildman–Crippen LogP) is 3.20. The summed E-state index contributed by atoms with van der Waals surface area (Å²) in [7, 11) is 0.212. The molecule has 10 heteroatoms. The van der Waals surface area contributed by atoms with Gasteiger partial charge >= 0.3 is 0 Å². The summed E-state index contributed by atoms with van der Waals surface area (Å²) >= 11 is 1.66. The lowest BCUT2D eigenvalue weighted by Gasteiger charge is -2.10. The van der Waals surface area contributed by atoms with E-state index in [1.807, 2.05) is 31.1 Å². The molecule has 8 nitrogen and oxygen atoms in total. The molecule has 0 unspecified atom stereocenters. The standard InChI is InChI=1S/C22H26N4O4S2/c1-26(2)15-19-8-9-20(30-19)16-31-12-11-24-22(27)17-5-3-6-18(13-17)25-32(28,29)21-7-4-10-23-14-21/h3-10,13-14,25H,11-12,15-16H2,1-2H3,(H,24,27). The molecule has 32 heavy (non-hydrogen) atoms. The number of rotatable bonds is 11. The van der Waals surface area contributed by atoms with E-state index in [0.717, 1.165) is 29.6 Å². The third-order valence-electron chi connectivity index (χ3n) is 4.29. The maximum atomic E-state index is 12.4. The first-order chi connectivity index (χ1) is 15.3. The topological polar surface area (TPSA) is 105 Å². The van der Waals surface area contributed by atoms with Crippen molar-refractivity contribution in [3.63, 3.8) is 0 Å². The normalized spacial score (nSPS) is 11.5. The number of nitrogens with one attached hydrogen (secondary N) is 2. The molecule has 0 aliphatic carbocycles. The summed E-state index contributed by atoms with van der Waals surface area (Å²) in [5.74, 6) is 3.03. The zero-order valence-electron chi connectivity index (χ0n) is 17.9. The van der Waals surface area contributed by atoms with Crippen LogP contribution in [-0.2, 0) is 22.3 Å². The van der Waals surface area contributed by atoms with Crippen LogP contribution in [0, 0.1) is 0 Å². The number of thioether (sulfide) groups is 1. The Kier molecular flexibility index (Phi) is 8.32. The van der Waals surface area contributed by atoms with Crippen molar-refractivity contribution in [2.45, 2.75) is 17.2 Å². The van der Waals surface area contributed by atoms with Crippen molar-refractivity contribution in [1.82, 2.24) is 15.2 Å². The monoisotopic (exact) mass is 474 g/mol. The van der Waals surface area contributed by atoms with Crippen LogP contribution in [0.25, 0.3) is 0 Å². The number of furan rings is 1. The van der Waals surface area contributed by atoms with Gasteiger partial charge in [-0.3, -0.25) is 14.5 Å². The van der Waals surface area contributed by atoms with Crippen molar-refractivity contribution in [3.8, 4) is 0 Å². The highest BCUT2D eigenvalue weighted by atomic mass is 32.2. The van der Waals surface area contributed by atoms with E-state index in [0.29, 0.717) is 17.8 Å². The minimum atomic E-state index is -3.77. The van der Waals surface area contributed by atoms with Crippen LogP contribution in [0.1, 0.15) is 21.9 Å². The Morgan fingerprint density at radius 2 is 1.94 bits per heavy atom. The van der Waals surface area contributed by atoms with Gasteiger partial charge in [0, 0.05) is 35.9 Å². The minimum Gasteiger partial charge on any atom is -0.464 e. The van der Waals surface area contributed by atoms with Crippen LogP contribution in [0.15, 0.2) is 70.2 Å². The van der Waals surface area contributed by atoms with Gasteiger partial charge in [-0.1, -0.05) is 6.07 Å². The Hall–Kier alpha value is -2.82. The molecule has 3 rings (SSSR count). The molecule has 0 fully saturated rings. The highest BCUT2D eigenvalue weighted by molar-refractivity contribution is 7.98. The lowest BCUT2D eigenvalue weighted by Crippen LogP contribution is -2.26. The van der Waals surface area contributed by atoms with E-state index in [2.05, 4.69) is 15.0 Å². The van der Waals surface area contributed by atoms with Crippen LogP contribution in [0.3, 0.4) is 0 Å². The highest BCUT2D eigenvalue weighted by Crippen LogP contribution is 2.18. The Morgan fingerprint density at radius 1 is 1.12 bits per heavy atom. The lowest BCUT2D eigenvalue weighted by atomic mass is 10.2. The fourth-order valence-electron chi connectivity index (χ4n) is 2.85. The second-order valence-corrected chi connectivity index (χ2v) is 10.1. The Morgan fingerprint density at radius 3 is 2.69 bits per heavy atom. The van der Waals surface area contributed by atoms with E-state index >= 15 is 0 Å². The molecule has 0 saturated carbocycles. The molecule has 0 aliphatic heterocycles. The Labute approximate surface area is 192 Å². The van der Waals surface area contributed by atoms with Gasteiger partial charge in [0.25, 0.3) is 15.9 Å². The predicted molar refractivity (Wildman–Crippen MR) is 126 cm³/mol. The van der Waals surface area contributed by atoms with E-state index in [1.54, 1.807) is 36.0 Å². The van der Waals surface area contributed by atoms with Crippen molar-refractivity contribution < 1.29 is 17.6 Å². The van der Waals surface area contributed by atoms with Gasteiger partial charge in [-0.25, -0.2) is 8.42 Å². The number of nitrogens with zero attached hydrogens (tertiary/aromatic N) is 2. The van der Waals surface area contributed by atoms with Crippen molar-refractivity contribution in [3.05, 3.63) is 78.0 Å². The molecular weight excluding hydrogens is 448 g/mol. The summed E-state index contributed by atoms with van der Waals surface area (Å²) in [6.07, 6.45) is 2.77. The number of benzene rings is 1. The molecule has 2 aromatic heterocycles. The quantitative estimate of drug-likeness (QED) is 0.411. The summed E-state index contributed by atoms with van der Waals surface area (Å²) < 4.78 is 33.1. The van der Waals surface area contributed by atoms with Crippen LogP contribution >= 0.6 is 11.8 Å². The van der Waals surface area contributed by atoms with Gasteiger partial charge in [0.2, 0.25) is 0 Å². The van der Waals surface area contributed by atoms with Crippen LogP contribution in [-0.4, -0.2) is 50.6 Å². The van der Waals surface area contributed by atoms with Crippen LogP contribution < -0.4 is 10.0 Å². The average Bonchev–Trinajstić information content (AvgIpc) is 3.20. The summed E-state index contributed by atoms with van der Waals surface area (Å²) in [6, 6.07) is 13.3. The second-order valence-electron chi connectivity index (χ2n) is 7.29. The SMILES string of the molecule is CN(C)Cc1ccc(CSCCNC(=O)c2cccc(NS(=O)(=O)c3cccnc3)c2)o1. The molecule has 0 atom stereocenters. The van der Waals surface area contributed by atoms with Gasteiger partial charge in [-0.15, -0.1) is 0 Å². The fourth-order valence-corrected chi connectivity index (χ4v) is 4.61. The van der Waals surface area contributed by atoms with E-state index in [1.165, 1.54) is 24.5 Å². The molecular formula is C22H26N4O4S2. The number of sulfonamides is 1. The Balaban J connectivity index is 1.46. The zero-order chi connectivity index (χ0) is 23.0. The molecule has 0 radical (unpaired) electrons. The maximum Gasteiger partial charge on any atom is 0.263 e. The van der Waals surface area contributed by atoms with Gasteiger partial charge in [-0.2, -0.15) is 11.8 Å². The number of pyridine rings is 1. The molecule has 0 aliphatic rings. The molecule has 0 bridgehead atoms. The number of anilines is 1. The van der Waals surface area contributed by atoms with Gasteiger partial charge < -0.3 is 14.6 Å². The zero-order valence-corrected chi connectivity index (χ0v) is 19.6. The lowest BCUT2D eigenvalue weighted by molar-refractivity contribution is 0.0956. The molecule has 2 N–H and O–H groups in total. The molecule has 2 heterocycles. The maximum absolute atomic E-state index is 12.4. The fraction of sp³-hybridized carbons (Fsp3) is 0.273. The van der Waals surface area contributed by atoms with Gasteiger partial charge in [0.05, 0.1) is 12.3 Å². The molecule has 0 spiro atoms. The second kappa shape index (κ2) is 11.2. The van der Waals surface area contributed by atoms with Crippen LogP contribution in [0.5, 0.6) is 0 Å². The number of aromatic nitrogens is 1. The van der Waals surface area contributed by atoms with E-state index < -0.39 is 10.0 Å². The molecule has 1 amide bonds. The molecule has 1 aromatic carbocycles. The van der Waals surface area contributed by atoms with Crippen molar-refractivity contribution in [2.24, 2.45) is 0 Å². The largest absolute Gasteiger partial charge is 0.464 e. The minimum absolute atomic E-state index is 0.0530. The number of amides is 1. The highest BCUT2D eigenvalue weighted by Gasteiger charge is 2.15. The first kappa shape index (κ1) is 23.8. The summed E-state index contributed by atoms with van der Waals surface area (Å²) in [5.41, 5.74) is 0.683. The summed E-state index contributed by atoms with van der Waals surface area (Å²) in [6.45, 7) is 1.25. The number of hydrogen-bond acceptors (Lipinski definition) is 7. The smallest absolute Gasteiger partial charge is 0.263 e. The van der Waals surface area contributed by atoms with E-state index in [-0.39, 0.29) is 10.8 Å². The van der Waals surface area contributed by atoms with E-state index in [4.69, 9.17) is 4.42 Å². The number of carbonyl (C=O) groups excluding carboxylic acids is 1. The van der Waals surface area contributed by atoms with Crippen LogP contribution in [0.4, 0.5) is 5.69 Å². The van der Waals surface area contributed by atoms with Crippen LogP contribution in [0.2, 0.25) is 0 Å². The van der Waals surface area contributed by atoms with Crippen molar-refractivity contribution in [1.29, 1.82) is 0 Å². The van der Waals surface area contributed by atoms with Gasteiger partial charge in [0.1, 0.15) is 16.4 Å². The number of carbonyl (C=O) groups is 1. The van der Waals surface area contributed by atoms with E-state index in [9.17, 15) is 13.2 Å². The molecule has 170 valence electrons. The van der Waals surface area contributed by atoms with Gasteiger partial charge in [-0.05, 0) is 56.6 Å². The Bertz CT molecular complexity index is 1130. The number of hydrogen-bond donors (Lipinski definition) is 2. The van der Waals surface area contributed by atoms with Gasteiger partial charge in [0.15, 0.2) is 0 Å². The summed E-state index contributed by atoms with van der Waals surface area (Å²) in [5, 5.41) is 2.85. The summed E-state index contributed by atoms with van der Waals surface area (Å²) in [4.78, 5) is 18.4. The average molecular weight is 475 g/mol. The third-order valence-corrected chi connectivity index (χ3v) is 6.64.